The van der Waals surface area contributed by atoms with Crippen LogP contribution in [0.25, 0.3) is 0 Å². The minimum atomic E-state index is -3.60. The van der Waals surface area contributed by atoms with Crippen molar-refractivity contribution >= 4 is 21.7 Å². The summed E-state index contributed by atoms with van der Waals surface area (Å²) in [6.45, 7) is 6.36. The maximum absolute atomic E-state index is 13.0. The fourth-order valence-corrected chi connectivity index (χ4v) is 4.19. The van der Waals surface area contributed by atoms with Crippen LogP contribution in [0, 0.1) is 6.92 Å². The lowest BCUT2D eigenvalue weighted by Crippen LogP contribution is -2.49. The van der Waals surface area contributed by atoms with E-state index in [-0.39, 0.29) is 10.8 Å². The maximum atomic E-state index is 13.0. The first kappa shape index (κ1) is 19.3. The van der Waals surface area contributed by atoms with E-state index in [2.05, 4.69) is 14.6 Å². The third kappa shape index (κ3) is 4.28. The summed E-state index contributed by atoms with van der Waals surface area (Å²) in [6, 6.07) is 10.5. The van der Waals surface area contributed by atoms with Crippen molar-refractivity contribution in [3.05, 3.63) is 53.7 Å². The summed E-state index contributed by atoms with van der Waals surface area (Å²) in [5.74, 6) is 0.765. The molecule has 0 atom stereocenters. The SMILES string of the molecule is CCNS(=O)(=O)c1ccc(C)c(C(=O)N2CCN(c3ccccn3)CC2)c1. The van der Waals surface area contributed by atoms with Crippen LogP contribution in [-0.2, 0) is 10.0 Å². The molecule has 0 spiro atoms. The Morgan fingerprint density at radius 3 is 2.52 bits per heavy atom. The summed E-state index contributed by atoms with van der Waals surface area (Å²) in [7, 11) is -3.60. The molecule has 1 aromatic carbocycles. The molecule has 1 N–H and O–H groups in total. The van der Waals surface area contributed by atoms with Gasteiger partial charge in [0, 0.05) is 44.5 Å². The summed E-state index contributed by atoms with van der Waals surface area (Å²) < 4.78 is 27.0. The summed E-state index contributed by atoms with van der Waals surface area (Å²) in [5, 5.41) is 0. The molecule has 7 nitrogen and oxygen atoms in total. The van der Waals surface area contributed by atoms with Crippen LogP contribution in [-0.4, -0.2) is 56.9 Å². The summed E-state index contributed by atoms with van der Waals surface area (Å²) in [4.78, 5) is 21.4. The highest BCUT2D eigenvalue weighted by atomic mass is 32.2. The molecule has 3 rings (SSSR count). The van der Waals surface area contributed by atoms with Gasteiger partial charge in [0.05, 0.1) is 4.90 Å². The van der Waals surface area contributed by atoms with Gasteiger partial charge in [-0.1, -0.05) is 19.1 Å². The molecule has 1 fully saturated rings. The van der Waals surface area contributed by atoms with Crippen molar-refractivity contribution in [3.8, 4) is 0 Å². The van der Waals surface area contributed by atoms with Gasteiger partial charge in [0.2, 0.25) is 10.0 Å². The normalized spacial score (nSPS) is 15.0. The van der Waals surface area contributed by atoms with Crippen molar-refractivity contribution in [1.82, 2.24) is 14.6 Å². The molecule has 27 heavy (non-hydrogen) atoms. The molecule has 2 aromatic rings. The number of carbonyl (C=O) groups excluding carboxylic acids is 1. The smallest absolute Gasteiger partial charge is 0.254 e. The van der Waals surface area contributed by atoms with E-state index in [1.165, 1.54) is 12.1 Å². The second kappa shape index (κ2) is 8.06. The molecule has 0 saturated carbocycles. The van der Waals surface area contributed by atoms with Crippen molar-refractivity contribution in [1.29, 1.82) is 0 Å². The molecule has 1 aliphatic rings. The Labute approximate surface area is 160 Å². The molecular weight excluding hydrogens is 364 g/mol. The number of sulfonamides is 1. The molecule has 1 saturated heterocycles. The van der Waals surface area contributed by atoms with Crippen molar-refractivity contribution < 1.29 is 13.2 Å². The zero-order valence-electron chi connectivity index (χ0n) is 15.6. The first-order chi connectivity index (χ1) is 12.9. The van der Waals surface area contributed by atoms with Crippen molar-refractivity contribution in [2.75, 3.05) is 37.6 Å². The monoisotopic (exact) mass is 388 g/mol. The van der Waals surface area contributed by atoms with Gasteiger partial charge < -0.3 is 9.80 Å². The Morgan fingerprint density at radius 2 is 1.89 bits per heavy atom. The number of pyridine rings is 1. The molecular formula is C19H24N4O3S. The fourth-order valence-electron chi connectivity index (χ4n) is 3.12. The van der Waals surface area contributed by atoms with E-state index < -0.39 is 10.0 Å². The molecule has 0 bridgehead atoms. The number of carbonyl (C=O) groups is 1. The van der Waals surface area contributed by atoms with E-state index in [0.717, 1.165) is 11.4 Å². The maximum Gasteiger partial charge on any atom is 0.254 e. The molecule has 0 radical (unpaired) electrons. The van der Waals surface area contributed by atoms with E-state index in [0.29, 0.717) is 38.3 Å². The molecule has 1 aromatic heterocycles. The summed E-state index contributed by atoms with van der Waals surface area (Å²) in [5.41, 5.74) is 1.20. The minimum absolute atomic E-state index is 0.116. The lowest BCUT2D eigenvalue weighted by atomic mass is 10.1. The van der Waals surface area contributed by atoms with Crippen LogP contribution >= 0.6 is 0 Å². The van der Waals surface area contributed by atoms with Crippen LogP contribution in [0.1, 0.15) is 22.8 Å². The highest BCUT2D eigenvalue weighted by Gasteiger charge is 2.25. The van der Waals surface area contributed by atoms with Crippen molar-refractivity contribution in [3.63, 3.8) is 0 Å². The number of rotatable bonds is 5. The number of aryl methyl sites for hydroxylation is 1. The highest BCUT2D eigenvalue weighted by molar-refractivity contribution is 7.89. The summed E-state index contributed by atoms with van der Waals surface area (Å²) >= 11 is 0. The number of aromatic nitrogens is 1. The lowest BCUT2D eigenvalue weighted by Gasteiger charge is -2.35. The number of piperazine rings is 1. The molecule has 2 heterocycles. The largest absolute Gasteiger partial charge is 0.353 e. The van der Waals surface area contributed by atoms with E-state index in [1.807, 2.05) is 25.1 Å². The molecule has 0 unspecified atom stereocenters. The van der Waals surface area contributed by atoms with Crippen LogP contribution in [0.3, 0.4) is 0 Å². The van der Waals surface area contributed by atoms with Crippen LogP contribution in [0.15, 0.2) is 47.5 Å². The first-order valence-electron chi connectivity index (χ1n) is 8.98. The van der Waals surface area contributed by atoms with Crippen molar-refractivity contribution in [2.45, 2.75) is 18.7 Å². The number of anilines is 1. The average Bonchev–Trinajstić information content (AvgIpc) is 2.68. The molecule has 1 amide bonds. The second-order valence-corrected chi connectivity index (χ2v) is 8.21. The van der Waals surface area contributed by atoms with Gasteiger partial charge in [0.1, 0.15) is 5.82 Å². The van der Waals surface area contributed by atoms with E-state index in [9.17, 15) is 13.2 Å². The predicted octanol–water partition coefficient (Wildman–Crippen LogP) is 1.65. The molecule has 8 heteroatoms. The minimum Gasteiger partial charge on any atom is -0.353 e. The van der Waals surface area contributed by atoms with Crippen LogP contribution < -0.4 is 9.62 Å². The van der Waals surface area contributed by atoms with E-state index in [4.69, 9.17) is 0 Å². The first-order valence-corrected chi connectivity index (χ1v) is 10.5. The zero-order chi connectivity index (χ0) is 19.4. The number of hydrogen-bond acceptors (Lipinski definition) is 5. The van der Waals surface area contributed by atoms with Gasteiger partial charge in [-0.2, -0.15) is 0 Å². The van der Waals surface area contributed by atoms with Gasteiger partial charge in [0.25, 0.3) is 5.91 Å². The number of hydrogen-bond donors (Lipinski definition) is 1. The third-order valence-corrected chi connectivity index (χ3v) is 6.17. The van der Waals surface area contributed by atoms with Gasteiger partial charge in [-0.25, -0.2) is 18.1 Å². The second-order valence-electron chi connectivity index (χ2n) is 6.45. The quantitative estimate of drug-likeness (QED) is 0.842. The van der Waals surface area contributed by atoms with Gasteiger partial charge in [-0.15, -0.1) is 0 Å². The van der Waals surface area contributed by atoms with Gasteiger partial charge in [0.15, 0.2) is 0 Å². The fraction of sp³-hybridized carbons (Fsp3) is 0.368. The lowest BCUT2D eigenvalue weighted by molar-refractivity contribution is 0.0745. The topological polar surface area (TPSA) is 82.6 Å². The van der Waals surface area contributed by atoms with Crippen LogP contribution in [0.4, 0.5) is 5.82 Å². The van der Waals surface area contributed by atoms with Gasteiger partial charge >= 0.3 is 0 Å². The zero-order valence-corrected chi connectivity index (χ0v) is 16.4. The molecule has 1 aliphatic heterocycles. The Bertz CT molecular complexity index is 908. The third-order valence-electron chi connectivity index (χ3n) is 4.62. The standard InChI is InChI=1S/C19H24N4O3S/c1-3-21-27(25,26)16-8-7-15(2)17(14-16)19(24)23-12-10-22(11-13-23)18-6-4-5-9-20-18/h4-9,14,21H,3,10-13H2,1-2H3. The van der Waals surface area contributed by atoms with Crippen LogP contribution in [0.2, 0.25) is 0 Å². The Hall–Kier alpha value is -2.45. The van der Waals surface area contributed by atoms with Crippen molar-refractivity contribution in [2.24, 2.45) is 0 Å². The molecule has 0 aliphatic carbocycles. The summed E-state index contributed by atoms with van der Waals surface area (Å²) in [6.07, 6.45) is 1.76. The number of nitrogens with one attached hydrogen (secondary N) is 1. The number of amides is 1. The van der Waals surface area contributed by atoms with E-state index >= 15 is 0 Å². The Kier molecular flexibility index (Phi) is 5.76. The predicted molar refractivity (Wildman–Crippen MR) is 104 cm³/mol. The highest BCUT2D eigenvalue weighted by Crippen LogP contribution is 2.19. The van der Waals surface area contributed by atoms with Crippen LogP contribution in [0.5, 0.6) is 0 Å². The molecule has 144 valence electrons. The average molecular weight is 388 g/mol. The number of nitrogens with zero attached hydrogens (tertiary/aromatic N) is 3. The van der Waals surface area contributed by atoms with Gasteiger partial charge in [-0.3, -0.25) is 4.79 Å². The Morgan fingerprint density at radius 1 is 1.15 bits per heavy atom. The Balaban J connectivity index is 1.75. The number of benzene rings is 1. The van der Waals surface area contributed by atoms with E-state index in [1.54, 1.807) is 24.1 Å². The van der Waals surface area contributed by atoms with Gasteiger partial charge in [-0.05, 0) is 36.8 Å².